The number of aromatic hydroxyl groups is 1. The second kappa shape index (κ2) is 5.28. The number of halogens is 1. The molecule has 0 saturated carbocycles. The lowest BCUT2D eigenvalue weighted by molar-refractivity contribution is 0.0699. The minimum Gasteiger partial charge on any atom is -0.506 e. The van der Waals surface area contributed by atoms with Crippen LogP contribution in [0.1, 0.15) is 23.2 Å². The highest BCUT2D eigenvalue weighted by atomic mass is 35.5. The number of hydrogen-bond acceptors (Lipinski definition) is 3. The van der Waals surface area contributed by atoms with Crippen molar-refractivity contribution in [2.75, 3.05) is 13.1 Å². The highest BCUT2D eigenvalue weighted by Crippen LogP contribution is 2.25. The third kappa shape index (κ3) is 2.57. The predicted octanol–water partition coefficient (Wildman–Crippen LogP) is 2.42. The number of rotatable bonds is 1. The molecule has 18 heavy (non-hydrogen) atoms. The zero-order valence-electron chi connectivity index (χ0n) is 9.77. The Morgan fingerprint density at radius 3 is 3.00 bits per heavy atom. The Bertz CT molecular complexity index is 510. The van der Waals surface area contributed by atoms with E-state index in [9.17, 15) is 9.90 Å². The summed E-state index contributed by atoms with van der Waals surface area (Å²) in [5.74, 6) is -0.270. The Morgan fingerprint density at radius 2 is 2.33 bits per heavy atom. The van der Waals surface area contributed by atoms with Gasteiger partial charge in [0.2, 0.25) is 0 Å². The fraction of sp³-hybridized carbons (Fsp3) is 0.385. The van der Waals surface area contributed by atoms with E-state index in [2.05, 4.69) is 6.07 Å². The van der Waals surface area contributed by atoms with Crippen molar-refractivity contribution in [3.8, 4) is 11.8 Å². The molecule has 4 nitrogen and oxygen atoms in total. The zero-order valence-corrected chi connectivity index (χ0v) is 10.5. The van der Waals surface area contributed by atoms with Gasteiger partial charge in [-0.15, -0.1) is 0 Å². The van der Waals surface area contributed by atoms with Crippen molar-refractivity contribution in [1.82, 2.24) is 4.90 Å². The Kier molecular flexibility index (Phi) is 3.73. The molecule has 1 atom stereocenters. The summed E-state index contributed by atoms with van der Waals surface area (Å²) in [5.41, 5.74) is 0.441. The summed E-state index contributed by atoms with van der Waals surface area (Å²) in [6.45, 7) is 1.13. The number of carbonyl (C=O) groups is 1. The van der Waals surface area contributed by atoms with Crippen molar-refractivity contribution in [3.63, 3.8) is 0 Å². The first kappa shape index (κ1) is 12.7. The van der Waals surface area contributed by atoms with Crippen LogP contribution in [0.5, 0.6) is 5.75 Å². The van der Waals surface area contributed by atoms with Crippen molar-refractivity contribution in [2.24, 2.45) is 5.92 Å². The van der Waals surface area contributed by atoms with Gasteiger partial charge in [0.15, 0.2) is 0 Å². The lowest BCUT2D eigenvalue weighted by Gasteiger charge is -2.29. The molecule has 2 rings (SSSR count). The number of phenols is 1. The molecular weight excluding hydrogens is 252 g/mol. The van der Waals surface area contributed by atoms with Gasteiger partial charge in [0, 0.05) is 18.7 Å². The maximum atomic E-state index is 12.2. The van der Waals surface area contributed by atoms with Gasteiger partial charge in [-0.2, -0.15) is 5.26 Å². The zero-order chi connectivity index (χ0) is 13.1. The number of nitrogens with zero attached hydrogens (tertiary/aromatic N) is 2. The third-order valence-electron chi connectivity index (χ3n) is 3.09. The summed E-state index contributed by atoms with van der Waals surface area (Å²) >= 11 is 5.78. The quantitative estimate of drug-likeness (QED) is 0.847. The van der Waals surface area contributed by atoms with Gasteiger partial charge in [0.1, 0.15) is 5.75 Å². The molecule has 0 aliphatic carbocycles. The van der Waals surface area contributed by atoms with E-state index in [1.807, 2.05) is 0 Å². The molecular formula is C13H13ClN2O2. The first-order valence-corrected chi connectivity index (χ1v) is 6.17. The number of amides is 1. The Labute approximate surface area is 110 Å². The molecule has 1 N–H and O–H groups in total. The van der Waals surface area contributed by atoms with E-state index in [4.69, 9.17) is 16.9 Å². The molecule has 5 heteroatoms. The Hall–Kier alpha value is -1.73. The molecule has 0 radical (unpaired) electrons. The molecule has 1 aliphatic rings. The molecule has 1 amide bonds. The number of piperidine rings is 1. The van der Waals surface area contributed by atoms with E-state index in [1.54, 1.807) is 11.0 Å². The lowest BCUT2D eigenvalue weighted by Crippen LogP contribution is -2.39. The lowest BCUT2D eigenvalue weighted by atomic mass is 9.99. The highest BCUT2D eigenvalue weighted by Gasteiger charge is 2.24. The summed E-state index contributed by atoms with van der Waals surface area (Å²) in [7, 11) is 0. The van der Waals surface area contributed by atoms with Crippen LogP contribution < -0.4 is 0 Å². The van der Waals surface area contributed by atoms with Crippen LogP contribution in [0.15, 0.2) is 18.2 Å². The van der Waals surface area contributed by atoms with Crippen LogP contribution in [0.3, 0.4) is 0 Å². The van der Waals surface area contributed by atoms with Crippen LogP contribution in [0.4, 0.5) is 0 Å². The van der Waals surface area contributed by atoms with E-state index in [0.717, 1.165) is 12.8 Å². The second-order valence-electron chi connectivity index (χ2n) is 4.39. The van der Waals surface area contributed by atoms with Gasteiger partial charge >= 0.3 is 0 Å². The first-order chi connectivity index (χ1) is 8.61. The van der Waals surface area contributed by atoms with Crippen LogP contribution in [0.2, 0.25) is 5.02 Å². The largest absolute Gasteiger partial charge is 0.506 e. The monoisotopic (exact) mass is 264 g/mol. The van der Waals surface area contributed by atoms with Crippen molar-refractivity contribution >= 4 is 17.5 Å². The van der Waals surface area contributed by atoms with Crippen molar-refractivity contribution in [1.29, 1.82) is 5.26 Å². The van der Waals surface area contributed by atoms with Gasteiger partial charge in [-0.25, -0.2) is 0 Å². The van der Waals surface area contributed by atoms with E-state index >= 15 is 0 Å². The van der Waals surface area contributed by atoms with Gasteiger partial charge in [-0.3, -0.25) is 4.79 Å². The Balaban J connectivity index is 2.15. The topological polar surface area (TPSA) is 64.3 Å². The fourth-order valence-electron chi connectivity index (χ4n) is 2.09. The minimum absolute atomic E-state index is 0.0400. The van der Waals surface area contributed by atoms with Crippen LogP contribution in [0.25, 0.3) is 0 Å². The van der Waals surface area contributed by atoms with E-state index in [0.29, 0.717) is 18.7 Å². The predicted molar refractivity (Wildman–Crippen MR) is 67.4 cm³/mol. The smallest absolute Gasteiger partial charge is 0.253 e. The molecule has 94 valence electrons. The summed E-state index contributed by atoms with van der Waals surface area (Å²) < 4.78 is 0. The van der Waals surface area contributed by atoms with Crippen molar-refractivity contribution < 1.29 is 9.90 Å². The number of likely N-dealkylation sites (tertiary alicyclic amines) is 1. The van der Waals surface area contributed by atoms with Crippen molar-refractivity contribution in [3.05, 3.63) is 28.8 Å². The fourth-order valence-corrected chi connectivity index (χ4v) is 2.27. The third-order valence-corrected chi connectivity index (χ3v) is 3.39. The van der Waals surface area contributed by atoms with Crippen molar-refractivity contribution in [2.45, 2.75) is 12.8 Å². The molecule has 1 fully saturated rings. The average Bonchev–Trinajstić information content (AvgIpc) is 2.41. The average molecular weight is 265 g/mol. The maximum absolute atomic E-state index is 12.2. The van der Waals surface area contributed by atoms with Gasteiger partial charge in [-0.05, 0) is 31.0 Å². The van der Waals surface area contributed by atoms with Crippen LogP contribution in [-0.2, 0) is 0 Å². The summed E-state index contributed by atoms with van der Waals surface area (Å²) in [5, 5.41) is 18.4. The number of phenolic OH excluding ortho intramolecular Hbond substituents is 1. The molecule has 1 heterocycles. The molecule has 0 spiro atoms. The molecule has 0 aromatic heterocycles. The number of carbonyl (C=O) groups excluding carboxylic acids is 1. The molecule has 1 unspecified atom stereocenters. The summed E-state index contributed by atoms with van der Waals surface area (Å²) in [6.07, 6.45) is 1.69. The van der Waals surface area contributed by atoms with Gasteiger partial charge < -0.3 is 10.0 Å². The van der Waals surface area contributed by atoms with E-state index in [1.165, 1.54) is 12.1 Å². The molecule has 1 saturated heterocycles. The second-order valence-corrected chi connectivity index (χ2v) is 4.79. The molecule has 1 aromatic carbocycles. The van der Waals surface area contributed by atoms with Gasteiger partial charge in [0.05, 0.1) is 17.0 Å². The summed E-state index contributed by atoms with van der Waals surface area (Å²) in [4.78, 5) is 13.9. The minimum atomic E-state index is -0.142. The van der Waals surface area contributed by atoms with Crippen LogP contribution in [-0.4, -0.2) is 29.0 Å². The van der Waals surface area contributed by atoms with Gasteiger partial charge in [-0.1, -0.05) is 11.6 Å². The number of hydrogen-bond donors (Lipinski definition) is 1. The van der Waals surface area contributed by atoms with E-state index in [-0.39, 0.29) is 22.6 Å². The number of benzene rings is 1. The number of nitriles is 1. The Morgan fingerprint density at radius 1 is 1.56 bits per heavy atom. The first-order valence-electron chi connectivity index (χ1n) is 5.79. The molecule has 1 aliphatic heterocycles. The summed E-state index contributed by atoms with van der Waals surface area (Å²) in [6, 6.07) is 6.60. The van der Waals surface area contributed by atoms with Crippen LogP contribution >= 0.6 is 11.6 Å². The normalized spacial score (nSPS) is 19.3. The van der Waals surface area contributed by atoms with Crippen LogP contribution in [0, 0.1) is 17.2 Å². The molecule has 1 aromatic rings. The van der Waals surface area contributed by atoms with Gasteiger partial charge in [0.25, 0.3) is 5.91 Å². The maximum Gasteiger partial charge on any atom is 0.253 e. The highest BCUT2D eigenvalue weighted by molar-refractivity contribution is 6.32. The molecule has 0 bridgehead atoms. The van der Waals surface area contributed by atoms with E-state index < -0.39 is 0 Å². The SMILES string of the molecule is N#CC1CCCN(C(=O)c2ccc(O)c(Cl)c2)C1. The standard InChI is InChI=1S/C13H13ClN2O2/c14-11-6-10(3-4-12(11)17)13(18)16-5-1-2-9(7-15)8-16/h3-4,6,9,17H,1-2,5,8H2.